The summed E-state index contributed by atoms with van der Waals surface area (Å²) >= 11 is 5.52. The molecule has 0 saturated carbocycles. The molecule has 4 N–H and O–H groups in total. The van der Waals surface area contributed by atoms with Crippen LogP contribution in [0.4, 0.5) is 0 Å². The van der Waals surface area contributed by atoms with Crippen molar-refractivity contribution in [3.8, 4) is 0 Å². The Labute approximate surface area is 67.5 Å². The normalized spacial score (nSPS) is 9.55. The third kappa shape index (κ3) is 1.40. The number of hydrogen-bond acceptors (Lipinski definition) is 2. The van der Waals surface area contributed by atoms with Crippen molar-refractivity contribution in [3.63, 3.8) is 0 Å². The van der Waals surface area contributed by atoms with Crippen LogP contribution in [0, 0.1) is 5.41 Å². The van der Waals surface area contributed by atoms with Crippen molar-refractivity contribution < 1.29 is 0 Å². The molecule has 0 fully saturated rings. The van der Waals surface area contributed by atoms with E-state index in [4.69, 9.17) is 22.7 Å². The van der Waals surface area contributed by atoms with Gasteiger partial charge in [0.1, 0.15) is 10.9 Å². The molecule has 0 bridgehead atoms. The van der Waals surface area contributed by atoms with E-state index in [0.717, 1.165) is 0 Å². The van der Waals surface area contributed by atoms with E-state index >= 15 is 0 Å². The van der Waals surface area contributed by atoms with Crippen LogP contribution < -0.4 is 11.3 Å². The predicted molar refractivity (Wildman–Crippen MR) is 43.1 cm³/mol. The Morgan fingerprint density at radius 2 is 2.36 bits per heavy atom. The smallest absolute Gasteiger partial charge is 0.267 e. The number of H-pyrrole nitrogens is 1. The Morgan fingerprint density at radius 3 is 2.82 bits per heavy atom. The first-order chi connectivity index (χ1) is 5.13. The Bertz CT molecular complexity index is 344. The lowest BCUT2D eigenvalue weighted by Crippen LogP contribution is -2.17. The van der Waals surface area contributed by atoms with Crippen molar-refractivity contribution in [2.24, 2.45) is 5.73 Å². The lowest BCUT2D eigenvalue weighted by molar-refractivity contribution is 1.22. The van der Waals surface area contributed by atoms with Gasteiger partial charge in [0.2, 0.25) is 0 Å². The number of nitrogen functional groups attached to an aromatic ring is 1. The molecular weight excluding hydrogens is 166 g/mol. The molecule has 0 aliphatic carbocycles. The number of rotatable bonds is 1. The average molecular weight is 172 g/mol. The third-order valence-corrected chi connectivity index (χ3v) is 1.57. The summed E-state index contributed by atoms with van der Waals surface area (Å²) in [5.41, 5.74) is 4.96. The number of aromatic amines is 1. The van der Waals surface area contributed by atoms with Gasteiger partial charge in [0.25, 0.3) is 5.56 Å². The van der Waals surface area contributed by atoms with E-state index in [0.29, 0.717) is 0 Å². The highest BCUT2D eigenvalue weighted by Crippen LogP contribution is 2.06. The zero-order valence-corrected chi connectivity index (χ0v) is 6.27. The van der Waals surface area contributed by atoms with Crippen LogP contribution in [-0.2, 0) is 0 Å². The molecule has 0 aromatic carbocycles. The van der Waals surface area contributed by atoms with Gasteiger partial charge >= 0.3 is 0 Å². The summed E-state index contributed by atoms with van der Waals surface area (Å²) in [5.74, 6) is -0.207. The number of hydrogen-bond donors (Lipinski definition) is 3. The van der Waals surface area contributed by atoms with E-state index in [9.17, 15) is 4.79 Å². The third-order valence-electron chi connectivity index (χ3n) is 1.19. The number of amidine groups is 1. The van der Waals surface area contributed by atoms with Crippen LogP contribution in [0.25, 0.3) is 0 Å². The fraction of sp³-hybridized carbons (Fsp3) is 0. The molecule has 1 aromatic heterocycles. The molecule has 11 heavy (non-hydrogen) atoms. The van der Waals surface area contributed by atoms with Crippen LogP contribution in [0.5, 0.6) is 0 Å². The first-order valence-electron chi connectivity index (χ1n) is 2.84. The average Bonchev–Trinajstić information content (AvgIpc) is 1.94. The second kappa shape index (κ2) is 2.75. The number of pyridine rings is 1. The largest absolute Gasteiger partial charge is 0.384 e. The summed E-state index contributed by atoms with van der Waals surface area (Å²) in [6, 6.07) is 1.48. The van der Waals surface area contributed by atoms with Crippen LogP contribution in [-0.4, -0.2) is 10.8 Å². The van der Waals surface area contributed by atoms with Crippen molar-refractivity contribution in [2.45, 2.75) is 0 Å². The van der Waals surface area contributed by atoms with E-state index in [1.807, 2.05) is 0 Å². The Balaban J connectivity index is 3.39. The highest BCUT2D eigenvalue weighted by molar-refractivity contribution is 6.33. The topological polar surface area (TPSA) is 82.7 Å². The molecule has 1 heterocycles. The predicted octanol–water partition coefficient (Wildman–Crippen LogP) is 0.312. The SMILES string of the molecule is N=C(N)c1cc[nH]c(=O)c1Cl. The van der Waals surface area contributed by atoms with Gasteiger partial charge in [0.15, 0.2) is 0 Å². The van der Waals surface area contributed by atoms with Crippen LogP contribution in [0.3, 0.4) is 0 Å². The molecule has 5 heteroatoms. The van der Waals surface area contributed by atoms with Gasteiger partial charge in [-0.1, -0.05) is 11.6 Å². The van der Waals surface area contributed by atoms with Gasteiger partial charge < -0.3 is 10.7 Å². The fourth-order valence-corrected chi connectivity index (χ4v) is 0.887. The molecule has 0 radical (unpaired) electrons. The molecular formula is C6H6ClN3O. The molecule has 0 aliphatic rings. The van der Waals surface area contributed by atoms with E-state index in [1.165, 1.54) is 12.3 Å². The molecule has 1 aromatic rings. The first kappa shape index (κ1) is 7.81. The summed E-state index contributed by atoms with van der Waals surface area (Å²) in [5, 5.41) is 6.97. The number of aromatic nitrogens is 1. The van der Waals surface area contributed by atoms with Gasteiger partial charge in [-0.15, -0.1) is 0 Å². The Hall–Kier alpha value is -1.29. The molecule has 0 unspecified atom stereocenters. The van der Waals surface area contributed by atoms with Crippen LogP contribution in [0.1, 0.15) is 5.56 Å². The molecule has 0 atom stereocenters. The summed E-state index contributed by atoms with van der Waals surface area (Å²) in [6.07, 6.45) is 1.39. The highest BCUT2D eigenvalue weighted by atomic mass is 35.5. The second-order valence-corrected chi connectivity index (χ2v) is 2.33. The van der Waals surface area contributed by atoms with Gasteiger partial charge in [-0.25, -0.2) is 0 Å². The van der Waals surface area contributed by atoms with Crippen LogP contribution in [0.2, 0.25) is 5.02 Å². The van der Waals surface area contributed by atoms with Crippen molar-refractivity contribution in [2.75, 3.05) is 0 Å². The summed E-state index contributed by atoms with van der Waals surface area (Å²) < 4.78 is 0. The van der Waals surface area contributed by atoms with Gasteiger partial charge in [0, 0.05) is 11.8 Å². The van der Waals surface area contributed by atoms with E-state index < -0.39 is 5.56 Å². The summed E-state index contributed by atoms with van der Waals surface area (Å²) in [6.45, 7) is 0. The Morgan fingerprint density at radius 1 is 1.73 bits per heavy atom. The molecule has 0 saturated heterocycles. The second-order valence-electron chi connectivity index (χ2n) is 1.95. The zero-order chi connectivity index (χ0) is 8.43. The quantitative estimate of drug-likeness (QED) is 0.420. The molecule has 4 nitrogen and oxygen atoms in total. The van der Waals surface area contributed by atoms with Gasteiger partial charge in [-0.2, -0.15) is 0 Å². The lowest BCUT2D eigenvalue weighted by atomic mass is 10.2. The molecule has 58 valence electrons. The number of nitrogens with one attached hydrogen (secondary N) is 2. The minimum Gasteiger partial charge on any atom is -0.384 e. The summed E-state index contributed by atoms with van der Waals surface area (Å²) in [7, 11) is 0. The van der Waals surface area contributed by atoms with Crippen molar-refractivity contribution in [1.82, 2.24) is 4.98 Å². The highest BCUT2D eigenvalue weighted by Gasteiger charge is 2.04. The Kier molecular flexibility index (Phi) is 1.96. The minimum absolute atomic E-state index is 0.0417. The van der Waals surface area contributed by atoms with Crippen LogP contribution >= 0.6 is 11.6 Å². The van der Waals surface area contributed by atoms with E-state index in [-0.39, 0.29) is 16.4 Å². The lowest BCUT2D eigenvalue weighted by Gasteiger charge is -1.97. The molecule has 0 spiro atoms. The maximum absolute atomic E-state index is 10.8. The zero-order valence-electron chi connectivity index (χ0n) is 5.52. The monoisotopic (exact) mass is 171 g/mol. The van der Waals surface area contributed by atoms with Crippen LogP contribution in [0.15, 0.2) is 17.1 Å². The summed E-state index contributed by atoms with van der Waals surface area (Å²) in [4.78, 5) is 13.2. The van der Waals surface area contributed by atoms with Gasteiger partial charge in [0.05, 0.1) is 0 Å². The van der Waals surface area contributed by atoms with Crippen molar-refractivity contribution >= 4 is 17.4 Å². The standard InChI is InChI=1S/C6H6ClN3O/c7-4-3(5(8)9)1-2-10-6(4)11/h1-2H,(H3,8,9)(H,10,11). The van der Waals surface area contributed by atoms with E-state index in [2.05, 4.69) is 4.98 Å². The number of nitrogens with two attached hydrogens (primary N) is 1. The molecule has 0 aliphatic heterocycles. The van der Waals surface area contributed by atoms with E-state index in [1.54, 1.807) is 0 Å². The number of halogens is 1. The minimum atomic E-state index is -0.431. The van der Waals surface area contributed by atoms with Crippen molar-refractivity contribution in [3.05, 3.63) is 33.2 Å². The molecule has 1 rings (SSSR count). The maximum Gasteiger partial charge on any atom is 0.267 e. The van der Waals surface area contributed by atoms with Gasteiger partial charge in [-0.05, 0) is 6.07 Å². The van der Waals surface area contributed by atoms with Crippen molar-refractivity contribution in [1.29, 1.82) is 5.41 Å². The van der Waals surface area contributed by atoms with Gasteiger partial charge in [-0.3, -0.25) is 10.2 Å². The fourth-order valence-electron chi connectivity index (χ4n) is 0.668. The first-order valence-corrected chi connectivity index (χ1v) is 3.22. The maximum atomic E-state index is 10.8. The molecule has 0 amide bonds.